The van der Waals surface area contributed by atoms with Crippen LogP contribution in [0.3, 0.4) is 0 Å². The van der Waals surface area contributed by atoms with Crippen LogP contribution in [0.5, 0.6) is 11.5 Å². The normalized spacial score (nSPS) is 11.4. The summed E-state index contributed by atoms with van der Waals surface area (Å²) in [5.74, 6) is -0.536. The molecule has 3 N–H and O–H groups in total. The van der Waals surface area contributed by atoms with Crippen molar-refractivity contribution in [3.05, 3.63) is 114 Å². The van der Waals surface area contributed by atoms with E-state index in [0.717, 1.165) is 28.2 Å². The average Bonchev–Trinajstić information content (AvgIpc) is 3.00. The number of nitrogens with zero attached hydrogens (tertiary/aromatic N) is 1. The van der Waals surface area contributed by atoms with Crippen LogP contribution in [0.25, 0.3) is 11.1 Å². The molecule has 0 fully saturated rings. The first-order chi connectivity index (χ1) is 20.8. The number of carbonyl (C=O) groups excluding carboxylic acids is 1. The largest absolute Gasteiger partial charge is 0.481 e. The number of halogens is 1. The molecular formula is C34H33ClN2O6. The van der Waals surface area contributed by atoms with Gasteiger partial charge in [0.1, 0.15) is 17.5 Å². The Balaban J connectivity index is 1.39. The molecule has 0 aromatic heterocycles. The summed E-state index contributed by atoms with van der Waals surface area (Å²) in [6.45, 7) is 0.295. The molecule has 8 nitrogen and oxygen atoms in total. The van der Waals surface area contributed by atoms with Crippen LogP contribution in [0.15, 0.2) is 103 Å². The van der Waals surface area contributed by atoms with Crippen molar-refractivity contribution < 1.29 is 29.3 Å². The van der Waals surface area contributed by atoms with Gasteiger partial charge in [-0.1, -0.05) is 72.6 Å². The third kappa shape index (κ3) is 9.61. The summed E-state index contributed by atoms with van der Waals surface area (Å²) < 4.78 is 5.86. The molecule has 0 heterocycles. The summed E-state index contributed by atoms with van der Waals surface area (Å²) in [6, 6.07) is 29.7. The Kier molecular flexibility index (Phi) is 11.2. The lowest BCUT2D eigenvalue weighted by molar-refractivity contribution is -0.139. The fraction of sp³-hybridized carbons (Fsp3) is 0.206. The zero-order valence-electron chi connectivity index (χ0n) is 23.5. The van der Waals surface area contributed by atoms with Crippen LogP contribution in [0, 0.1) is 0 Å². The van der Waals surface area contributed by atoms with Gasteiger partial charge in [-0.3, -0.25) is 9.69 Å². The Morgan fingerprint density at radius 2 is 1.35 bits per heavy atom. The monoisotopic (exact) mass is 600 g/mol. The maximum Gasteiger partial charge on any atom is 0.326 e. The number of aliphatic carboxylic acids is 2. The highest BCUT2D eigenvalue weighted by molar-refractivity contribution is 6.30. The van der Waals surface area contributed by atoms with E-state index in [9.17, 15) is 19.5 Å². The molecule has 0 aliphatic rings. The summed E-state index contributed by atoms with van der Waals surface area (Å²) in [4.78, 5) is 37.7. The molecule has 4 aromatic rings. The van der Waals surface area contributed by atoms with Gasteiger partial charge in [0, 0.05) is 30.1 Å². The number of hydrogen-bond donors (Lipinski definition) is 3. The Morgan fingerprint density at radius 3 is 1.95 bits per heavy atom. The van der Waals surface area contributed by atoms with Gasteiger partial charge in [-0.25, -0.2) is 9.59 Å². The molecule has 0 bridgehead atoms. The van der Waals surface area contributed by atoms with Gasteiger partial charge in [-0.2, -0.15) is 0 Å². The minimum absolute atomic E-state index is 0.0566. The lowest BCUT2D eigenvalue weighted by Gasteiger charge is -2.25. The Hall–Kier alpha value is -4.82. The number of ether oxygens (including phenoxy) is 1. The van der Waals surface area contributed by atoms with E-state index < -0.39 is 24.0 Å². The number of carbonyl (C=O) groups is 3. The molecule has 4 rings (SSSR count). The summed E-state index contributed by atoms with van der Waals surface area (Å²) >= 11 is 6.02. The highest BCUT2D eigenvalue weighted by Crippen LogP contribution is 2.26. The number of urea groups is 1. The van der Waals surface area contributed by atoms with Crippen LogP contribution in [0.1, 0.15) is 31.2 Å². The summed E-state index contributed by atoms with van der Waals surface area (Å²) in [6.07, 6.45) is 1.81. The van der Waals surface area contributed by atoms with E-state index in [-0.39, 0.29) is 12.8 Å². The van der Waals surface area contributed by atoms with E-state index in [2.05, 4.69) is 5.32 Å². The Bertz CT molecular complexity index is 1490. The number of para-hydroxylation sites is 1. The molecule has 1 atom stereocenters. The zero-order chi connectivity index (χ0) is 30.6. The molecule has 0 radical (unpaired) electrons. The number of anilines is 1. The second-order valence-corrected chi connectivity index (χ2v) is 10.4. The molecule has 0 aliphatic heterocycles. The Labute approximate surface area is 255 Å². The van der Waals surface area contributed by atoms with Crippen LogP contribution < -0.4 is 15.0 Å². The second-order valence-electron chi connectivity index (χ2n) is 10.0. The minimum Gasteiger partial charge on any atom is -0.481 e. The molecule has 1 unspecified atom stereocenters. The van der Waals surface area contributed by atoms with E-state index in [1.807, 2.05) is 78.9 Å². The van der Waals surface area contributed by atoms with Gasteiger partial charge in [0.2, 0.25) is 0 Å². The van der Waals surface area contributed by atoms with E-state index in [1.165, 1.54) is 4.90 Å². The zero-order valence-corrected chi connectivity index (χ0v) is 24.2. The highest BCUT2D eigenvalue weighted by Gasteiger charge is 2.24. The first-order valence-corrected chi connectivity index (χ1v) is 14.4. The van der Waals surface area contributed by atoms with Crippen LogP contribution in [-0.4, -0.2) is 40.8 Å². The summed E-state index contributed by atoms with van der Waals surface area (Å²) in [7, 11) is 0. The third-order valence-corrected chi connectivity index (χ3v) is 7.06. The first-order valence-electron chi connectivity index (χ1n) is 14.0. The molecule has 9 heteroatoms. The van der Waals surface area contributed by atoms with Crippen LogP contribution >= 0.6 is 11.6 Å². The molecule has 0 spiro atoms. The SMILES string of the molecule is O=C(O)CCCCCN(C(=O)NC(Cc1ccc(-c2ccc(Oc3ccccc3)cc2)cc1)C(=O)O)c1ccc(Cl)cc1. The molecule has 0 aliphatic carbocycles. The van der Waals surface area contributed by atoms with Crippen molar-refractivity contribution in [2.24, 2.45) is 0 Å². The number of nitrogens with one attached hydrogen (secondary N) is 1. The number of rotatable bonds is 14. The molecule has 2 amide bonds. The number of unbranched alkanes of at least 4 members (excludes halogenated alkanes) is 2. The van der Waals surface area contributed by atoms with E-state index in [1.54, 1.807) is 24.3 Å². The molecule has 4 aromatic carbocycles. The fourth-order valence-electron chi connectivity index (χ4n) is 4.53. The van der Waals surface area contributed by atoms with Crippen molar-refractivity contribution >= 4 is 35.3 Å². The van der Waals surface area contributed by atoms with Gasteiger partial charge in [0.05, 0.1) is 0 Å². The number of carboxylic acids is 2. The van der Waals surface area contributed by atoms with Crippen molar-refractivity contribution in [3.63, 3.8) is 0 Å². The summed E-state index contributed by atoms with van der Waals surface area (Å²) in [5.41, 5.74) is 3.26. The van der Waals surface area contributed by atoms with Crippen molar-refractivity contribution in [1.29, 1.82) is 0 Å². The standard InChI is InChI=1S/C34H33ClN2O6/c35-27-16-18-28(19-17-27)37(22-6-2-5-9-32(38)39)34(42)36-31(33(40)41)23-24-10-12-25(13-11-24)26-14-20-30(21-15-26)43-29-7-3-1-4-8-29/h1,3-4,7-8,10-21,31H,2,5-6,9,22-23H2,(H,36,42)(H,38,39)(H,40,41). The Morgan fingerprint density at radius 1 is 0.744 bits per heavy atom. The number of amides is 2. The van der Waals surface area contributed by atoms with E-state index in [4.69, 9.17) is 21.4 Å². The van der Waals surface area contributed by atoms with Gasteiger partial charge in [0.15, 0.2) is 0 Å². The predicted molar refractivity (Wildman–Crippen MR) is 167 cm³/mol. The maximum atomic E-state index is 13.3. The van der Waals surface area contributed by atoms with Crippen LogP contribution in [-0.2, 0) is 16.0 Å². The summed E-state index contributed by atoms with van der Waals surface area (Å²) in [5, 5.41) is 21.9. The van der Waals surface area contributed by atoms with Gasteiger partial charge in [-0.15, -0.1) is 0 Å². The molecular weight excluding hydrogens is 568 g/mol. The van der Waals surface area contributed by atoms with Gasteiger partial charge in [0.25, 0.3) is 0 Å². The van der Waals surface area contributed by atoms with Gasteiger partial charge < -0.3 is 20.3 Å². The topological polar surface area (TPSA) is 116 Å². The van der Waals surface area contributed by atoms with E-state index in [0.29, 0.717) is 36.5 Å². The predicted octanol–water partition coefficient (Wildman–Crippen LogP) is 7.66. The molecule has 222 valence electrons. The highest BCUT2D eigenvalue weighted by atomic mass is 35.5. The number of carboxylic acid groups (broad SMARTS) is 2. The van der Waals surface area contributed by atoms with Crippen molar-refractivity contribution in [3.8, 4) is 22.6 Å². The van der Waals surface area contributed by atoms with E-state index >= 15 is 0 Å². The number of benzene rings is 4. The van der Waals surface area contributed by atoms with Crippen molar-refractivity contribution in [1.82, 2.24) is 5.32 Å². The van der Waals surface area contributed by atoms with Gasteiger partial charge >= 0.3 is 18.0 Å². The lowest BCUT2D eigenvalue weighted by Crippen LogP contribution is -2.49. The molecule has 0 saturated carbocycles. The average molecular weight is 601 g/mol. The fourth-order valence-corrected chi connectivity index (χ4v) is 4.65. The van der Waals surface area contributed by atoms with Crippen molar-refractivity contribution in [2.45, 2.75) is 38.1 Å². The first kappa shape index (κ1) is 31.1. The van der Waals surface area contributed by atoms with Crippen molar-refractivity contribution in [2.75, 3.05) is 11.4 Å². The van der Waals surface area contributed by atoms with Crippen LogP contribution in [0.2, 0.25) is 5.02 Å². The second kappa shape index (κ2) is 15.4. The third-order valence-electron chi connectivity index (χ3n) is 6.81. The lowest BCUT2D eigenvalue weighted by atomic mass is 10.0. The smallest absolute Gasteiger partial charge is 0.326 e. The number of hydrogen-bond acceptors (Lipinski definition) is 4. The van der Waals surface area contributed by atoms with Crippen LogP contribution in [0.4, 0.5) is 10.5 Å². The van der Waals surface area contributed by atoms with Gasteiger partial charge in [-0.05, 0) is 78.1 Å². The molecule has 0 saturated heterocycles. The quantitative estimate of drug-likeness (QED) is 0.128. The molecule has 43 heavy (non-hydrogen) atoms. The minimum atomic E-state index is -1.16. The maximum absolute atomic E-state index is 13.3.